The lowest BCUT2D eigenvalue weighted by molar-refractivity contribution is 0.912. The van der Waals surface area contributed by atoms with Gasteiger partial charge in [-0.1, -0.05) is 15.9 Å². The lowest BCUT2D eigenvalue weighted by Crippen LogP contribution is -2.02. The zero-order valence-electron chi connectivity index (χ0n) is 11.1. The van der Waals surface area contributed by atoms with E-state index < -0.39 is 0 Å². The van der Waals surface area contributed by atoms with Crippen molar-refractivity contribution in [1.29, 1.82) is 5.26 Å². The first-order valence-electron chi connectivity index (χ1n) is 6.46. The SMILES string of the molecule is N#Cc1ccc(-n2c(CCCl)nc3cc(Br)ccc32)cc1. The van der Waals surface area contributed by atoms with Crippen LogP contribution in [0.1, 0.15) is 11.4 Å². The lowest BCUT2D eigenvalue weighted by Gasteiger charge is -2.08. The first kappa shape index (κ1) is 14.1. The van der Waals surface area contributed by atoms with Crippen molar-refractivity contribution >= 4 is 38.6 Å². The van der Waals surface area contributed by atoms with Crippen LogP contribution in [0.5, 0.6) is 0 Å². The van der Waals surface area contributed by atoms with Gasteiger partial charge in [0, 0.05) is 22.5 Å². The van der Waals surface area contributed by atoms with Crippen molar-refractivity contribution in [3.05, 3.63) is 58.3 Å². The van der Waals surface area contributed by atoms with Crippen LogP contribution in [-0.4, -0.2) is 15.4 Å². The van der Waals surface area contributed by atoms with E-state index in [0.717, 1.165) is 27.0 Å². The Kier molecular flexibility index (Phi) is 3.96. The van der Waals surface area contributed by atoms with Crippen LogP contribution in [0.15, 0.2) is 46.9 Å². The van der Waals surface area contributed by atoms with Crippen LogP contribution in [0.25, 0.3) is 16.7 Å². The van der Waals surface area contributed by atoms with Crippen molar-refractivity contribution in [2.24, 2.45) is 0 Å². The average Bonchev–Trinajstić information content (AvgIpc) is 2.85. The molecule has 0 aliphatic heterocycles. The third-order valence-electron chi connectivity index (χ3n) is 3.26. The minimum Gasteiger partial charge on any atom is -0.296 e. The fourth-order valence-corrected chi connectivity index (χ4v) is 2.85. The van der Waals surface area contributed by atoms with Crippen LogP contribution in [0.4, 0.5) is 0 Å². The smallest absolute Gasteiger partial charge is 0.115 e. The summed E-state index contributed by atoms with van der Waals surface area (Å²) in [5.74, 6) is 1.43. The highest BCUT2D eigenvalue weighted by Crippen LogP contribution is 2.25. The first-order chi connectivity index (χ1) is 10.2. The number of hydrogen-bond acceptors (Lipinski definition) is 2. The quantitative estimate of drug-likeness (QED) is 0.648. The molecule has 0 N–H and O–H groups in total. The maximum absolute atomic E-state index is 8.91. The highest BCUT2D eigenvalue weighted by atomic mass is 79.9. The Labute approximate surface area is 135 Å². The minimum atomic E-state index is 0.515. The van der Waals surface area contributed by atoms with Gasteiger partial charge in [-0.25, -0.2) is 4.98 Å². The van der Waals surface area contributed by atoms with Gasteiger partial charge in [-0.15, -0.1) is 11.6 Å². The number of hydrogen-bond donors (Lipinski definition) is 0. The molecule has 0 bridgehead atoms. The standard InChI is InChI=1S/C16H11BrClN3/c17-12-3-6-15-14(9-12)20-16(7-8-18)21(15)13-4-1-11(10-19)2-5-13/h1-6,9H,7-8H2. The van der Waals surface area contributed by atoms with E-state index in [9.17, 15) is 0 Å². The van der Waals surface area contributed by atoms with E-state index >= 15 is 0 Å². The monoisotopic (exact) mass is 359 g/mol. The van der Waals surface area contributed by atoms with Crippen LogP contribution < -0.4 is 0 Å². The van der Waals surface area contributed by atoms with Crippen molar-refractivity contribution in [3.63, 3.8) is 0 Å². The molecule has 0 saturated carbocycles. The second-order valence-electron chi connectivity index (χ2n) is 4.59. The number of benzene rings is 2. The molecular weight excluding hydrogens is 350 g/mol. The molecule has 3 rings (SSSR count). The van der Waals surface area contributed by atoms with E-state index in [0.29, 0.717) is 17.9 Å². The number of nitrogens with zero attached hydrogens (tertiary/aromatic N) is 3. The summed E-state index contributed by atoms with van der Waals surface area (Å²) in [6.45, 7) is 0. The summed E-state index contributed by atoms with van der Waals surface area (Å²) >= 11 is 9.37. The molecule has 0 spiro atoms. The number of alkyl halides is 1. The molecular formula is C16H11BrClN3. The molecule has 3 aromatic rings. The Morgan fingerprint density at radius 2 is 1.95 bits per heavy atom. The first-order valence-corrected chi connectivity index (χ1v) is 7.79. The Bertz CT molecular complexity index is 831. The minimum absolute atomic E-state index is 0.515. The van der Waals surface area contributed by atoms with Gasteiger partial charge in [0.25, 0.3) is 0 Å². The number of fused-ring (bicyclic) bond motifs is 1. The summed E-state index contributed by atoms with van der Waals surface area (Å²) in [5, 5.41) is 8.91. The predicted molar refractivity (Wildman–Crippen MR) is 87.9 cm³/mol. The zero-order chi connectivity index (χ0) is 14.8. The molecule has 0 unspecified atom stereocenters. The molecule has 21 heavy (non-hydrogen) atoms. The van der Waals surface area contributed by atoms with Gasteiger partial charge in [-0.3, -0.25) is 4.57 Å². The van der Waals surface area contributed by atoms with Crippen LogP contribution in [-0.2, 0) is 6.42 Å². The van der Waals surface area contributed by atoms with Gasteiger partial charge < -0.3 is 0 Å². The maximum Gasteiger partial charge on any atom is 0.115 e. The molecule has 5 heteroatoms. The topological polar surface area (TPSA) is 41.6 Å². The Morgan fingerprint density at radius 3 is 2.62 bits per heavy atom. The summed E-state index contributed by atoms with van der Waals surface area (Å²) in [6.07, 6.45) is 0.688. The molecule has 3 nitrogen and oxygen atoms in total. The number of aryl methyl sites for hydroxylation is 1. The summed E-state index contributed by atoms with van der Waals surface area (Å²) in [5.41, 5.74) is 3.58. The third-order valence-corrected chi connectivity index (χ3v) is 3.94. The van der Waals surface area contributed by atoms with Gasteiger partial charge in [0.1, 0.15) is 5.82 Å². The highest BCUT2D eigenvalue weighted by Gasteiger charge is 2.12. The molecule has 104 valence electrons. The molecule has 0 fully saturated rings. The van der Waals surface area contributed by atoms with Crippen LogP contribution in [0, 0.1) is 11.3 Å². The van der Waals surface area contributed by atoms with E-state index in [2.05, 4.69) is 31.6 Å². The number of imidazole rings is 1. The van der Waals surface area contributed by atoms with Crippen molar-refractivity contribution in [1.82, 2.24) is 9.55 Å². The number of halogens is 2. The molecule has 0 saturated heterocycles. The van der Waals surface area contributed by atoms with Crippen molar-refractivity contribution < 1.29 is 0 Å². The molecule has 0 atom stereocenters. The molecule has 2 aromatic carbocycles. The van der Waals surface area contributed by atoms with Crippen molar-refractivity contribution in [2.75, 3.05) is 5.88 Å². The van der Waals surface area contributed by atoms with Crippen molar-refractivity contribution in [2.45, 2.75) is 6.42 Å². The van der Waals surface area contributed by atoms with Gasteiger partial charge in [-0.2, -0.15) is 5.26 Å². The summed E-state index contributed by atoms with van der Waals surface area (Å²) in [6, 6.07) is 15.6. The van der Waals surface area contributed by atoms with Crippen LogP contribution in [0.2, 0.25) is 0 Å². The normalized spacial score (nSPS) is 10.7. The van der Waals surface area contributed by atoms with Gasteiger partial charge in [0.05, 0.1) is 22.7 Å². The average molecular weight is 361 g/mol. The fourth-order valence-electron chi connectivity index (χ4n) is 2.33. The Morgan fingerprint density at radius 1 is 1.19 bits per heavy atom. The molecule has 0 aliphatic carbocycles. The van der Waals surface area contributed by atoms with Crippen LogP contribution in [0.3, 0.4) is 0 Å². The van der Waals surface area contributed by atoms with Crippen molar-refractivity contribution in [3.8, 4) is 11.8 Å². The van der Waals surface area contributed by atoms with Gasteiger partial charge in [0.15, 0.2) is 0 Å². The molecule has 0 radical (unpaired) electrons. The van der Waals surface area contributed by atoms with E-state index in [4.69, 9.17) is 16.9 Å². The van der Waals surface area contributed by atoms with E-state index in [1.165, 1.54) is 0 Å². The zero-order valence-corrected chi connectivity index (χ0v) is 13.4. The van der Waals surface area contributed by atoms with Gasteiger partial charge in [-0.05, 0) is 42.5 Å². The van der Waals surface area contributed by atoms with E-state index in [1.54, 1.807) is 0 Å². The summed E-state index contributed by atoms with van der Waals surface area (Å²) < 4.78 is 3.09. The number of nitriles is 1. The fraction of sp³-hybridized carbons (Fsp3) is 0.125. The third kappa shape index (κ3) is 2.67. The Balaban J connectivity index is 2.22. The van der Waals surface area contributed by atoms with Gasteiger partial charge >= 0.3 is 0 Å². The van der Waals surface area contributed by atoms with Gasteiger partial charge in [0.2, 0.25) is 0 Å². The molecule has 0 aliphatic rings. The molecule has 0 amide bonds. The van der Waals surface area contributed by atoms with E-state index in [1.807, 2.05) is 42.5 Å². The van der Waals surface area contributed by atoms with E-state index in [-0.39, 0.29) is 0 Å². The summed E-state index contributed by atoms with van der Waals surface area (Å²) in [4.78, 5) is 4.67. The molecule has 1 aromatic heterocycles. The maximum atomic E-state index is 8.91. The van der Waals surface area contributed by atoms with Crippen LogP contribution >= 0.6 is 27.5 Å². The lowest BCUT2D eigenvalue weighted by atomic mass is 10.2. The Hall–Kier alpha value is -1.83. The second kappa shape index (κ2) is 5.88. The second-order valence-corrected chi connectivity index (χ2v) is 5.89. The number of rotatable bonds is 3. The number of aromatic nitrogens is 2. The summed E-state index contributed by atoms with van der Waals surface area (Å²) in [7, 11) is 0. The molecule has 1 heterocycles. The predicted octanol–water partition coefficient (Wildman–Crippen LogP) is 4.44. The largest absolute Gasteiger partial charge is 0.296 e. The highest BCUT2D eigenvalue weighted by molar-refractivity contribution is 9.10.